The molecule has 0 bridgehead atoms. The summed E-state index contributed by atoms with van der Waals surface area (Å²) in [5, 5.41) is 0. The van der Waals surface area contributed by atoms with Crippen LogP contribution in [0.4, 0.5) is 0 Å². The lowest BCUT2D eigenvalue weighted by Crippen LogP contribution is -2.44. The zero-order valence-electron chi connectivity index (χ0n) is 16.1. The van der Waals surface area contributed by atoms with Crippen molar-refractivity contribution in [2.75, 3.05) is 13.7 Å². The predicted octanol–water partition coefficient (Wildman–Crippen LogP) is 3.13. The van der Waals surface area contributed by atoms with Gasteiger partial charge in [-0.25, -0.2) is 0 Å². The molecule has 0 spiro atoms. The van der Waals surface area contributed by atoms with E-state index in [0.717, 1.165) is 16.7 Å². The molecule has 6 heteroatoms. The summed E-state index contributed by atoms with van der Waals surface area (Å²) >= 11 is 0. The van der Waals surface area contributed by atoms with Gasteiger partial charge in [0, 0.05) is 0 Å². The molecule has 0 aliphatic rings. The maximum Gasteiger partial charge on any atom is 0.276 e. The number of ether oxygens (including phenoxy) is 2. The SMILES string of the molecule is COc1ccc(OCC(=O)NNC(=O)Cc2ccc(-c3ccccc3)cc2)cc1. The smallest absolute Gasteiger partial charge is 0.276 e. The van der Waals surface area contributed by atoms with Gasteiger partial charge in [-0.15, -0.1) is 0 Å². The lowest BCUT2D eigenvalue weighted by atomic mass is 10.0. The molecule has 0 aromatic heterocycles. The van der Waals surface area contributed by atoms with Crippen LogP contribution in [-0.2, 0) is 16.0 Å². The van der Waals surface area contributed by atoms with Crippen molar-refractivity contribution in [3.8, 4) is 22.6 Å². The van der Waals surface area contributed by atoms with Crippen LogP contribution in [0, 0.1) is 0 Å². The first-order valence-corrected chi connectivity index (χ1v) is 9.13. The molecule has 0 saturated carbocycles. The Morgan fingerprint density at radius 3 is 1.97 bits per heavy atom. The van der Waals surface area contributed by atoms with Crippen molar-refractivity contribution in [3.63, 3.8) is 0 Å². The molecule has 0 atom stereocenters. The minimum atomic E-state index is -0.450. The Labute approximate surface area is 169 Å². The molecular weight excluding hydrogens is 368 g/mol. The van der Waals surface area contributed by atoms with E-state index in [2.05, 4.69) is 10.9 Å². The van der Waals surface area contributed by atoms with Crippen LogP contribution >= 0.6 is 0 Å². The number of benzene rings is 3. The lowest BCUT2D eigenvalue weighted by molar-refractivity contribution is -0.129. The van der Waals surface area contributed by atoms with Crippen molar-refractivity contribution in [2.24, 2.45) is 0 Å². The molecule has 0 fully saturated rings. The minimum Gasteiger partial charge on any atom is -0.497 e. The van der Waals surface area contributed by atoms with Crippen LogP contribution in [0.1, 0.15) is 5.56 Å². The largest absolute Gasteiger partial charge is 0.497 e. The van der Waals surface area contributed by atoms with Gasteiger partial charge in [-0.1, -0.05) is 54.6 Å². The Morgan fingerprint density at radius 2 is 1.31 bits per heavy atom. The van der Waals surface area contributed by atoms with Gasteiger partial charge in [-0.05, 0) is 41.0 Å². The average Bonchev–Trinajstić information content (AvgIpc) is 2.78. The molecule has 0 aliphatic heterocycles. The third-order valence-electron chi connectivity index (χ3n) is 4.20. The third-order valence-corrected chi connectivity index (χ3v) is 4.20. The van der Waals surface area contributed by atoms with E-state index in [1.807, 2.05) is 54.6 Å². The van der Waals surface area contributed by atoms with Gasteiger partial charge in [0.2, 0.25) is 5.91 Å². The Hall–Kier alpha value is -3.80. The number of amides is 2. The molecule has 3 aromatic rings. The highest BCUT2D eigenvalue weighted by Gasteiger charge is 2.07. The summed E-state index contributed by atoms with van der Waals surface area (Å²) < 4.78 is 10.4. The zero-order chi connectivity index (χ0) is 20.5. The molecular formula is C23H22N2O4. The molecule has 3 rings (SSSR count). The number of nitrogens with one attached hydrogen (secondary N) is 2. The first-order valence-electron chi connectivity index (χ1n) is 9.13. The molecule has 2 amide bonds. The minimum absolute atomic E-state index is 0.161. The fourth-order valence-corrected chi connectivity index (χ4v) is 2.67. The van der Waals surface area contributed by atoms with E-state index in [4.69, 9.17) is 9.47 Å². The highest BCUT2D eigenvalue weighted by atomic mass is 16.5. The molecule has 2 N–H and O–H groups in total. The van der Waals surface area contributed by atoms with Crippen LogP contribution < -0.4 is 20.3 Å². The van der Waals surface area contributed by atoms with E-state index in [9.17, 15) is 9.59 Å². The number of carbonyl (C=O) groups excluding carboxylic acids is 2. The predicted molar refractivity (Wildman–Crippen MR) is 110 cm³/mol. The van der Waals surface area contributed by atoms with Crippen LogP contribution in [0.5, 0.6) is 11.5 Å². The van der Waals surface area contributed by atoms with Crippen LogP contribution in [0.3, 0.4) is 0 Å². The molecule has 0 radical (unpaired) electrons. The van der Waals surface area contributed by atoms with E-state index < -0.39 is 5.91 Å². The summed E-state index contributed by atoms with van der Waals surface area (Å²) in [7, 11) is 1.57. The molecule has 0 aliphatic carbocycles. The topological polar surface area (TPSA) is 76.7 Å². The summed E-state index contributed by atoms with van der Waals surface area (Å²) in [4.78, 5) is 23.9. The van der Waals surface area contributed by atoms with Gasteiger partial charge >= 0.3 is 0 Å². The van der Waals surface area contributed by atoms with Crippen molar-refractivity contribution in [3.05, 3.63) is 84.4 Å². The van der Waals surface area contributed by atoms with Crippen LogP contribution in [0.25, 0.3) is 11.1 Å². The number of carbonyl (C=O) groups is 2. The van der Waals surface area contributed by atoms with E-state index in [-0.39, 0.29) is 18.9 Å². The zero-order valence-corrected chi connectivity index (χ0v) is 16.1. The number of hydrogen-bond acceptors (Lipinski definition) is 4. The summed E-state index contributed by atoms with van der Waals surface area (Å²) in [6, 6.07) is 24.6. The van der Waals surface area contributed by atoms with Crippen LogP contribution in [-0.4, -0.2) is 25.5 Å². The number of hydrazine groups is 1. The molecule has 3 aromatic carbocycles. The summed E-state index contributed by atoms with van der Waals surface area (Å²) in [6.07, 6.45) is 0.161. The van der Waals surface area contributed by atoms with Gasteiger partial charge in [0.15, 0.2) is 6.61 Å². The lowest BCUT2D eigenvalue weighted by Gasteiger charge is -2.09. The maximum absolute atomic E-state index is 12.0. The molecule has 0 heterocycles. The van der Waals surface area contributed by atoms with Gasteiger partial charge in [0.05, 0.1) is 13.5 Å². The van der Waals surface area contributed by atoms with Gasteiger partial charge in [-0.2, -0.15) is 0 Å². The Kier molecular flexibility index (Phi) is 6.84. The second-order valence-corrected chi connectivity index (χ2v) is 6.30. The number of rotatable bonds is 7. The van der Waals surface area contributed by atoms with Crippen molar-refractivity contribution >= 4 is 11.8 Å². The average molecular weight is 390 g/mol. The quantitative estimate of drug-likeness (QED) is 0.608. The highest BCUT2D eigenvalue weighted by Crippen LogP contribution is 2.19. The summed E-state index contributed by atoms with van der Waals surface area (Å²) in [5.41, 5.74) is 7.79. The van der Waals surface area contributed by atoms with Crippen LogP contribution in [0.15, 0.2) is 78.9 Å². The van der Waals surface area contributed by atoms with Crippen molar-refractivity contribution in [1.29, 1.82) is 0 Å². The summed E-state index contributed by atoms with van der Waals surface area (Å²) in [6.45, 7) is -0.210. The fraction of sp³-hybridized carbons (Fsp3) is 0.130. The number of methoxy groups -OCH3 is 1. The second-order valence-electron chi connectivity index (χ2n) is 6.30. The fourth-order valence-electron chi connectivity index (χ4n) is 2.67. The molecule has 0 saturated heterocycles. The van der Waals surface area contributed by atoms with Gasteiger partial charge < -0.3 is 9.47 Å². The van der Waals surface area contributed by atoms with E-state index in [1.54, 1.807) is 31.4 Å². The van der Waals surface area contributed by atoms with Gasteiger partial charge in [-0.3, -0.25) is 20.4 Å². The molecule has 148 valence electrons. The Bertz CT molecular complexity index is 939. The molecule has 6 nitrogen and oxygen atoms in total. The third kappa shape index (κ3) is 6.10. The van der Waals surface area contributed by atoms with E-state index >= 15 is 0 Å². The van der Waals surface area contributed by atoms with Crippen molar-refractivity contribution in [2.45, 2.75) is 6.42 Å². The molecule has 0 unspecified atom stereocenters. The summed E-state index contributed by atoms with van der Waals surface area (Å²) in [5.74, 6) is 0.473. The Morgan fingerprint density at radius 1 is 0.724 bits per heavy atom. The van der Waals surface area contributed by atoms with E-state index in [0.29, 0.717) is 11.5 Å². The van der Waals surface area contributed by atoms with Gasteiger partial charge in [0.1, 0.15) is 11.5 Å². The highest BCUT2D eigenvalue weighted by molar-refractivity contribution is 5.84. The number of hydrogen-bond donors (Lipinski definition) is 2. The standard InChI is InChI=1S/C23H22N2O4/c1-28-20-11-13-21(14-12-20)29-16-23(27)25-24-22(26)15-17-7-9-19(10-8-17)18-5-3-2-4-6-18/h2-14H,15-16H2,1H3,(H,24,26)(H,25,27). The maximum atomic E-state index is 12.0. The normalized spacial score (nSPS) is 10.1. The Balaban J connectivity index is 1.41. The second kappa shape index (κ2) is 9.94. The monoisotopic (exact) mass is 390 g/mol. The van der Waals surface area contributed by atoms with Crippen molar-refractivity contribution < 1.29 is 19.1 Å². The van der Waals surface area contributed by atoms with Crippen LogP contribution in [0.2, 0.25) is 0 Å². The van der Waals surface area contributed by atoms with Gasteiger partial charge in [0.25, 0.3) is 5.91 Å². The van der Waals surface area contributed by atoms with Crippen molar-refractivity contribution in [1.82, 2.24) is 10.9 Å². The van der Waals surface area contributed by atoms with E-state index in [1.165, 1.54) is 0 Å². The first kappa shape index (κ1) is 19.9. The molecule has 29 heavy (non-hydrogen) atoms. The first-order chi connectivity index (χ1) is 14.1.